The fourth-order valence-electron chi connectivity index (χ4n) is 2.07. The van der Waals surface area contributed by atoms with E-state index in [1.165, 1.54) is 18.6 Å². The van der Waals surface area contributed by atoms with E-state index >= 15 is 0 Å². The molecule has 0 spiro atoms. The number of amides is 2. The molecule has 1 atom stereocenters. The molecule has 0 aromatic rings. The van der Waals surface area contributed by atoms with Crippen LogP contribution < -0.4 is 16.6 Å². The highest BCUT2D eigenvalue weighted by Gasteiger charge is 2.15. The number of nitrogens with one attached hydrogen (secondary N) is 2. The van der Waals surface area contributed by atoms with Crippen molar-refractivity contribution in [1.82, 2.24) is 10.7 Å². The number of rotatable bonds is 11. The maximum absolute atomic E-state index is 11.6. The second-order valence-corrected chi connectivity index (χ2v) is 8.06. The third kappa shape index (κ3) is 10.5. The van der Waals surface area contributed by atoms with Gasteiger partial charge in [-0.1, -0.05) is 28.0 Å². The number of unbranched alkanes of at least 4 members (excludes halogenated alkanes) is 1. The molecule has 0 aliphatic carbocycles. The zero-order valence-corrected chi connectivity index (χ0v) is 14.8. The normalized spacial score (nSPS) is 16.8. The molecule has 1 rings (SSSR count). The predicted molar refractivity (Wildman–Crippen MR) is 92.8 cm³/mol. The van der Waals surface area contributed by atoms with E-state index in [-0.39, 0.29) is 31.3 Å². The van der Waals surface area contributed by atoms with Gasteiger partial charge in [-0.25, -0.2) is 10.6 Å². The fraction of sp³-hybridized carbons (Fsp3) is 0.786. The summed E-state index contributed by atoms with van der Waals surface area (Å²) in [4.78, 5) is 33.9. The third-order valence-corrected chi connectivity index (χ3v) is 6.35. The predicted octanol–water partition coefficient (Wildman–Crippen LogP) is 1.77. The molecule has 0 radical (unpaired) electrons. The Morgan fingerprint density at radius 3 is 2.70 bits per heavy atom. The van der Waals surface area contributed by atoms with Gasteiger partial charge >= 0.3 is 6.09 Å². The van der Waals surface area contributed by atoms with Crippen molar-refractivity contribution < 1.29 is 19.1 Å². The van der Waals surface area contributed by atoms with Crippen LogP contribution in [0.1, 0.15) is 44.9 Å². The summed E-state index contributed by atoms with van der Waals surface area (Å²) < 4.78 is 4.66. The van der Waals surface area contributed by atoms with E-state index in [1.807, 2.05) is 27.0 Å². The standard InChI is InChI=1S/C14H25N3O4S2/c15-17-14(20)21-8-3-4-11(18)10-16-13(19)6-2-1-5-12-7-9-22-23-12/h12H,1-10,15H2,(H,16,19)(H,17,20). The molecule has 1 aliphatic rings. The maximum atomic E-state index is 11.6. The van der Waals surface area contributed by atoms with E-state index in [2.05, 4.69) is 10.1 Å². The number of Topliss-reactive ketones (excluding diaryl/α,β-unsaturated/α-hetero) is 1. The topological polar surface area (TPSA) is 111 Å². The zero-order chi connectivity index (χ0) is 16.9. The summed E-state index contributed by atoms with van der Waals surface area (Å²) in [7, 11) is 3.89. The molecule has 1 heterocycles. The van der Waals surface area contributed by atoms with Crippen LogP contribution >= 0.6 is 21.6 Å². The van der Waals surface area contributed by atoms with Crippen molar-refractivity contribution in [3.63, 3.8) is 0 Å². The smallest absolute Gasteiger partial charge is 0.421 e. The van der Waals surface area contributed by atoms with E-state index in [4.69, 9.17) is 5.84 Å². The summed E-state index contributed by atoms with van der Waals surface area (Å²) in [5.74, 6) is 5.92. The summed E-state index contributed by atoms with van der Waals surface area (Å²) in [5.41, 5.74) is 1.83. The molecule has 1 aliphatic heterocycles. The Balaban J connectivity index is 1.93. The molecule has 1 unspecified atom stereocenters. The number of hydrogen-bond donors (Lipinski definition) is 3. The lowest BCUT2D eigenvalue weighted by Gasteiger charge is -2.07. The molecule has 132 valence electrons. The van der Waals surface area contributed by atoms with Gasteiger partial charge in [0.1, 0.15) is 0 Å². The van der Waals surface area contributed by atoms with Crippen LogP contribution in [-0.2, 0) is 14.3 Å². The van der Waals surface area contributed by atoms with Gasteiger partial charge in [0.25, 0.3) is 0 Å². The number of hydrazine groups is 1. The first kappa shape index (κ1) is 20.1. The lowest BCUT2D eigenvalue weighted by Crippen LogP contribution is -2.31. The SMILES string of the molecule is NNC(=O)OCCCC(=O)CNC(=O)CCCCC1CCSS1. The molecule has 0 saturated carbocycles. The molecule has 7 nitrogen and oxygen atoms in total. The van der Waals surface area contributed by atoms with Crippen LogP contribution in [-0.4, -0.2) is 41.9 Å². The number of hydrogen-bond acceptors (Lipinski definition) is 7. The Morgan fingerprint density at radius 1 is 1.17 bits per heavy atom. The van der Waals surface area contributed by atoms with Gasteiger partial charge in [0, 0.05) is 23.8 Å². The summed E-state index contributed by atoms with van der Waals surface area (Å²) in [5, 5.41) is 3.38. The average molecular weight is 364 g/mol. The van der Waals surface area contributed by atoms with Crippen LogP contribution in [0.4, 0.5) is 4.79 Å². The third-order valence-electron chi connectivity index (χ3n) is 3.34. The maximum Gasteiger partial charge on any atom is 0.421 e. The summed E-state index contributed by atoms with van der Waals surface area (Å²) in [6.07, 6.45) is 4.78. The number of ketones is 1. The van der Waals surface area contributed by atoms with Gasteiger partial charge in [-0.15, -0.1) is 0 Å². The van der Waals surface area contributed by atoms with Gasteiger partial charge < -0.3 is 10.1 Å². The second-order valence-electron chi connectivity index (χ2n) is 5.27. The van der Waals surface area contributed by atoms with Crippen LogP contribution in [0.3, 0.4) is 0 Å². The van der Waals surface area contributed by atoms with Gasteiger partial charge in [0.2, 0.25) is 5.91 Å². The molecule has 1 saturated heterocycles. The van der Waals surface area contributed by atoms with E-state index in [1.54, 1.807) is 0 Å². The Kier molecular flexibility index (Phi) is 10.9. The molecular weight excluding hydrogens is 338 g/mol. The Bertz CT molecular complexity index is 390. The van der Waals surface area contributed by atoms with Crippen molar-refractivity contribution in [2.24, 2.45) is 5.84 Å². The molecule has 4 N–H and O–H groups in total. The van der Waals surface area contributed by atoms with Crippen molar-refractivity contribution in [2.45, 2.75) is 50.2 Å². The lowest BCUT2D eigenvalue weighted by atomic mass is 10.1. The van der Waals surface area contributed by atoms with Crippen molar-refractivity contribution >= 4 is 39.4 Å². The van der Waals surface area contributed by atoms with Crippen molar-refractivity contribution in [2.75, 3.05) is 18.9 Å². The van der Waals surface area contributed by atoms with Crippen LogP contribution in [0.2, 0.25) is 0 Å². The van der Waals surface area contributed by atoms with Crippen molar-refractivity contribution in [3.05, 3.63) is 0 Å². The largest absolute Gasteiger partial charge is 0.449 e. The summed E-state index contributed by atoms with van der Waals surface area (Å²) in [6.45, 7) is 0.164. The minimum absolute atomic E-state index is 0.0387. The summed E-state index contributed by atoms with van der Waals surface area (Å²) >= 11 is 0. The quantitative estimate of drug-likeness (QED) is 0.169. The highest BCUT2D eigenvalue weighted by atomic mass is 33.1. The highest BCUT2D eigenvalue weighted by molar-refractivity contribution is 8.77. The molecule has 1 fully saturated rings. The van der Waals surface area contributed by atoms with Crippen LogP contribution in [0, 0.1) is 0 Å². The van der Waals surface area contributed by atoms with Gasteiger partial charge in [-0.2, -0.15) is 0 Å². The minimum Gasteiger partial charge on any atom is -0.449 e. The van der Waals surface area contributed by atoms with Crippen LogP contribution in [0.5, 0.6) is 0 Å². The fourth-order valence-corrected chi connectivity index (χ4v) is 5.10. The minimum atomic E-state index is -0.722. The van der Waals surface area contributed by atoms with Crippen LogP contribution in [0.25, 0.3) is 0 Å². The lowest BCUT2D eigenvalue weighted by molar-refractivity contribution is -0.125. The number of carbonyl (C=O) groups excluding carboxylic acids is 3. The second kappa shape index (κ2) is 12.5. The van der Waals surface area contributed by atoms with Crippen molar-refractivity contribution in [1.29, 1.82) is 0 Å². The van der Waals surface area contributed by atoms with E-state index < -0.39 is 6.09 Å². The molecule has 2 amide bonds. The number of ether oxygens (including phenoxy) is 1. The average Bonchev–Trinajstić information content (AvgIpc) is 3.06. The van der Waals surface area contributed by atoms with E-state index in [0.717, 1.165) is 18.1 Å². The molecule has 0 aromatic carbocycles. The van der Waals surface area contributed by atoms with Gasteiger partial charge in [-0.3, -0.25) is 15.0 Å². The van der Waals surface area contributed by atoms with Gasteiger partial charge in [0.05, 0.1) is 13.2 Å². The zero-order valence-electron chi connectivity index (χ0n) is 13.2. The number of nitrogens with two attached hydrogens (primary N) is 1. The monoisotopic (exact) mass is 363 g/mol. The highest BCUT2D eigenvalue weighted by Crippen LogP contribution is 2.39. The van der Waals surface area contributed by atoms with E-state index in [9.17, 15) is 14.4 Å². The summed E-state index contributed by atoms with van der Waals surface area (Å²) in [6, 6.07) is 0. The van der Waals surface area contributed by atoms with Crippen LogP contribution in [0.15, 0.2) is 0 Å². The van der Waals surface area contributed by atoms with Gasteiger partial charge in [0.15, 0.2) is 5.78 Å². The first-order chi connectivity index (χ1) is 11.1. The Morgan fingerprint density at radius 2 is 2.00 bits per heavy atom. The van der Waals surface area contributed by atoms with Gasteiger partial charge in [-0.05, 0) is 25.7 Å². The Hall–Kier alpha value is -0.930. The molecule has 23 heavy (non-hydrogen) atoms. The first-order valence-electron chi connectivity index (χ1n) is 7.82. The Labute approximate surface area is 144 Å². The first-order valence-corrected chi connectivity index (χ1v) is 10.2. The molecule has 0 bridgehead atoms. The molecule has 9 heteroatoms. The number of carbonyl (C=O) groups is 3. The molecule has 0 aromatic heterocycles. The van der Waals surface area contributed by atoms with Crippen molar-refractivity contribution in [3.8, 4) is 0 Å². The molecular formula is C14H25N3O4S2. The van der Waals surface area contributed by atoms with E-state index in [0.29, 0.717) is 12.8 Å².